The summed E-state index contributed by atoms with van der Waals surface area (Å²) in [6.45, 7) is 3.15. The van der Waals surface area contributed by atoms with Crippen LogP contribution in [0.3, 0.4) is 0 Å². The molecule has 1 aliphatic heterocycles. The Morgan fingerprint density at radius 3 is 2.12 bits per heavy atom. The van der Waals surface area contributed by atoms with Crippen molar-refractivity contribution in [2.45, 2.75) is 24.8 Å². The van der Waals surface area contributed by atoms with Crippen molar-refractivity contribution in [3.63, 3.8) is 0 Å². The average Bonchev–Trinajstić information content (AvgIpc) is 3.82. The van der Waals surface area contributed by atoms with E-state index in [4.69, 9.17) is 5.11 Å². The van der Waals surface area contributed by atoms with Crippen molar-refractivity contribution in [3.05, 3.63) is 197 Å². The van der Waals surface area contributed by atoms with Crippen LogP contribution >= 0.6 is 0 Å². The second-order valence-corrected chi connectivity index (χ2v) is 14.3. The highest BCUT2D eigenvalue weighted by molar-refractivity contribution is 6.11. The maximum absolute atomic E-state index is 5.01. The van der Waals surface area contributed by atoms with E-state index in [1.54, 1.807) is 0 Å². The lowest BCUT2D eigenvalue weighted by Crippen LogP contribution is -2.26. The van der Waals surface area contributed by atoms with E-state index >= 15 is 0 Å². The van der Waals surface area contributed by atoms with Gasteiger partial charge >= 0.3 is 0 Å². The predicted octanol–water partition coefficient (Wildman–Crippen LogP) is 12.6. The summed E-state index contributed by atoms with van der Waals surface area (Å²) in [4.78, 5) is 0. The van der Waals surface area contributed by atoms with Gasteiger partial charge in [0, 0.05) is 12.0 Å². The molecule has 0 amide bonds. The van der Waals surface area contributed by atoms with Crippen LogP contribution in [0.5, 0.6) is 0 Å². The van der Waals surface area contributed by atoms with E-state index in [0.717, 1.165) is 18.7 Å². The number of hydrogen-bond acceptors (Lipinski definition) is 1. The number of benzene rings is 8. The molecule has 0 N–H and O–H groups in total. The van der Waals surface area contributed by atoms with Crippen LogP contribution in [0.25, 0.3) is 54.9 Å². The molecule has 1 spiro atoms. The highest BCUT2D eigenvalue weighted by atomic mass is 15.3. The fraction of sp³-hybridized carbons (Fsp3) is 0.102. The molecular weight excluding hydrogens is 617 g/mol. The van der Waals surface area contributed by atoms with E-state index < -0.39 is 5.41 Å². The van der Waals surface area contributed by atoms with Gasteiger partial charge in [-0.15, -0.1) is 4.70 Å². The van der Waals surface area contributed by atoms with Gasteiger partial charge in [-0.05, 0) is 107 Å². The van der Waals surface area contributed by atoms with Crippen LogP contribution in [0.1, 0.15) is 52.8 Å². The first kappa shape index (κ1) is 28.7. The van der Waals surface area contributed by atoms with Gasteiger partial charge in [-0.25, -0.2) is 0 Å². The molecule has 0 saturated heterocycles. The third kappa shape index (κ3) is 3.82. The second-order valence-electron chi connectivity index (χ2n) is 14.3. The lowest BCUT2D eigenvalue weighted by molar-refractivity contribution is -0.615. The highest BCUT2D eigenvalue weighted by Gasteiger charge is 2.52. The average molecular weight is 652 g/mol. The number of fused-ring (bicyclic) bond motifs is 15. The van der Waals surface area contributed by atoms with Crippen LogP contribution in [0, 0.1) is 0 Å². The van der Waals surface area contributed by atoms with Gasteiger partial charge in [-0.1, -0.05) is 146 Å². The van der Waals surface area contributed by atoms with Gasteiger partial charge in [0.25, 0.3) is 0 Å². The van der Waals surface area contributed by atoms with Gasteiger partial charge in [0.1, 0.15) is 5.69 Å². The Kier molecular flexibility index (Phi) is 6.01. The molecule has 2 nitrogen and oxygen atoms in total. The Labute approximate surface area is 298 Å². The van der Waals surface area contributed by atoms with Crippen molar-refractivity contribution >= 4 is 27.2 Å². The van der Waals surface area contributed by atoms with Crippen LogP contribution in [0.4, 0.5) is 5.69 Å². The normalized spacial score (nSPS) is 15.8. The minimum atomic E-state index is -0.398. The predicted molar refractivity (Wildman–Crippen MR) is 209 cm³/mol. The molecule has 8 aromatic carbocycles. The Morgan fingerprint density at radius 2 is 1.27 bits per heavy atom. The van der Waals surface area contributed by atoms with Gasteiger partial charge < -0.3 is 0 Å². The van der Waals surface area contributed by atoms with Crippen molar-refractivity contribution < 1.29 is 4.70 Å². The third-order valence-electron chi connectivity index (χ3n) is 11.7. The summed E-state index contributed by atoms with van der Waals surface area (Å²) in [6.07, 6.45) is 1.05. The molecule has 1 atom stereocenters. The van der Waals surface area contributed by atoms with E-state index in [-0.39, 0.29) is 6.04 Å². The Hall–Kier alpha value is -6.12. The van der Waals surface area contributed by atoms with Crippen molar-refractivity contribution in [2.24, 2.45) is 5.11 Å². The SMILES string of the molecule is CCC[N+]1=Nc2ccccc2C1c1cccc(-c2ccc3c4c(ccc3c2)-c2c(ccc3ccccc23)C42c3ccccc3-c3ccccc32)c1. The topological polar surface area (TPSA) is 15.4 Å². The molecule has 2 heteroatoms. The maximum Gasteiger partial charge on any atom is 0.231 e. The Balaban J connectivity index is 1.14. The van der Waals surface area contributed by atoms with Crippen LogP contribution in [0.15, 0.2) is 169 Å². The second kappa shape index (κ2) is 10.7. The smallest absolute Gasteiger partial charge is 0.111 e. The Morgan fingerprint density at radius 1 is 0.549 bits per heavy atom. The number of rotatable bonds is 4. The summed E-state index contributed by atoms with van der Waals surface area (Å²) in [5, 5.41) is 10.2. The van der Waals surface area contributed by atoms with Gasteiger partial charge in [-0.2, -0.15) is 0 Å². The first-order chi connectivity index (χ1) is 25.3. The zero-order valence-corrected chi connectivity index (χ0v) is 28.5. The molecule has 0 fully saturated rings. The molecule has 0 radical (unpaired) electrons. The minimum Gasteiger partial charge on any atom is -0.111 e. The van der Waals surface area contributed by atoms with E-state index in [9.17, 15) is 0 Å². The summed E-state index contributed by atoms with van der Waals surface area (Å²) >= 11 is 0. The molecule has 8 aromatic rings. The van der Waals surface area contributed by atoms with Gasteiger partial charge in [0.05, 0.1) is 11.0 Å². The van der Waals surface area contributed by atoms with Crippen LogP contribution in [-0.4, -0.2) is 11.2 Å². The molecule has 51 heavy (non-hydrogen) atoms. The maximum atomic E-state index is 5.01. The standard InChI is InChI=1S/C49H35N2/c1-2-28-51-48(40-18-7-10-21-45(40)50-51)35-14-11-13-32(30-35)33-22-25-37-34(29-33)23-26-41-46-36-15-4-3-12-31(36)24-27-44(46)49(47(37)41)42-19-8-5-16-38(42)39-17-6-9-20-43(39)49/h3-27,29-30,48H,2,28H2,1H3/q+1. The van der Waals surface area contributed by atoms with E-state index in [1.807, 2.05) is 0 Å². The molecule has 0 bridgehead atoms. The number of azo groups is 2. The Bertz CT molecular complexity index is 2740. The summed E-state index contributed by atoms with van der Waals surface area (Å²) in [5.74, 6) is 0. The van der Waals surface area contributed by atoms with Crippen LogP contribution in [0.2, 0.25) is 0 Å². The fourth-order valence-electron chi connectivity index (χ4n) is 9.74. The number of nitrogens with zero attached hydrogens (tertiary/aromatic N) is 2. The van der Waals surface area contributed by atoms with Crippen molar-refractivity contribution in [1.29, 1.82) is 0 Å². The highest BCUT2D eigenvalue weighted by Crippen LogP contribution is 2.65. The summed E-state index contributed by atoms with van der Waals surface area (Å²) < 4.78 is 2.27. The summed E-state index contributed by atoms with van der Waals surface area (Å²) in [6, 6.07) is 61.6. The van der Waals surface area contributed by atoms with Crippen molar-refractivity contribution in [3.8, 4) is 33.4 Å². The van der Waals surface area contributed by atoms with E-state index in [2.05, 4.69) is 175 Å². The first-order valence-electron chi connectivity index (χ1n) is 18.2. The summed E-state index contributed by atoms with van der Waals surface area (Å²) in [5.41, 5.74) is 16.6. The zero-order chi connectivity index (χ0) is 33.7. The molecule has 240 valence electrons. The lowest BCUT2D eigenvalue weighted by atomic mass is 9.69. The van der Waals surface area contributed by atoms with Crippen LogP contribution < -0.4 is 0 Å². The lowest BCUT2D eigenvalue weighted by Gasteiger charge is -2.31. The minimum absolute atomic E-state index is 0.125. The molecule has 0 saturated carbocycles. The van der Waals surface area contributed by atoms with Gasteiger partial charge in [0.2, 0.25) is 6.04 Å². The zero-order valence-electron chi connectivity index (χ0n) is 28.5. The third-order valence-corrected chi connectivity index (χ3v) is 11.7. The van der Waals surface area contributed by atoms with Crippen LogP contribution in [-0.2, 0) is 5.41 Å². The molecular formula is C49H35N2+. The number of hydrogen-bond donors (Lipinski definition) is 0. The fourth-order valence-corrected chi connectivity index (χ4v) is 9.74. The quantitative estimate of drug-likeness (QED) is 0.168. The molecule has 3 aliphatic rings. The van der Waals surface area contributed by atoms with Gasteiger partial charge in [0.15, 0.2) is 6.54 Å². The molecule has 11 rings (SSSR count). The van der Waals surface area contributed by atoms with Crippen molar-refractivity contribution in [2.75, 3.05) is 6.54 Å². The van der Waals surface area contributed by atoms with Crippen molar-refractivity contribution in [1.82, 2.24) is 0 Å². The molecule has 1 heterocycles. The first-order valence-corrected chi connectivity index (χ1v) is 18.2. The molecule has 2 aliphatic carbocycles. The van der Waals surface area contributed by atoms with E-state index in [0.29, 0.717) is 0 Å². The van der Waals surface area contributed by atoms with E-state index in [1.165, 1.54) is 88.3 Å². The molecule has 1 unspecified atom stereocenters. The van der Waals surface area contributed by atoms with Gasteiger partial charge in [-0.3, -0.25) is 0 Å². The summed E-state index contributed by atoms with van der Waals surface area (Å²) in [7, 11) is 0. The monoisotopic (exact) mass is 651 g/mol. The largest absolute Gasteiger partial charge is 0.231 e. The molecule has 0 aromatic heterocycles.